The number of hydrogen-bond donors (Lipinski definition) is 1. The van der Waals surface area contributed by atoms with Crippen molar-refractivity contribution in [3.63, 3.8) is 0 Å². The number of hydrogen-bond acceptors (Lipinski definition) is 3. The number of benzene rings is 1. The fourth-order valence-electron chi connectivity index (χ4n) is 1.22. The quantitative estimate of drug-likeness (QED) is 0.782. The molecule has 4 heteroatoms. The van der Waals surface area contributed by atoms with E-state index < -0.39 is 0 Å². The van der Waals surface area contributed by atoms with Gasteiger partial charge in [-0.2, -0.15) is 0 Å². The van der Waals surface area contributed by atoms with Gasteiger partial charge in [0.1, 0.15) is 16.6 Å². The zero-order valence-corrected chi connectivity index (χ0v) is 8.44. The molecule has 0 saturated carbocycles. The monoisotopic (exact) mass is 208 g/mol. The molecular formula is C10H9FN2S. The molecule has 0 aliphatic rings. The maximum absolute atomic E-state index is 13.6. The van der Waals surface area contributed by atoms with Crippen LogP contribution in [0.15, 0.2) is 23.6 Å². The van der Waals surface area contributed by atoms with E-state index >= 15 is 0 Å². The van der Waals surface area contributed by atoms with Crippen molar-refractivity contribution in [2.24, 2.45) is 0 Å². The summed E-state index contributed by atoms with van der Waals surface area (Å²) in [5.74, 6) is 0.216. The molecule has 0 fully saturated rings. The Hall–Kier alpha value is -1.42. The summed E-state index contributed by atoms with van der Waals surface area (Å²) in [6, 6.07) is 5.25. The Morgan fingerprint density at radius 2 is 2.21 bits per heavy atom. The summed E-state index contributed by atoms with van der Waals surface area (Å²) in [5, 5.41) is 2.33. The Morgan fingerprint density at radius 1 is 1.43 bits per heavy atom. The van der Waals surface area contributed by atoms with E-state index in [1.807, 2.05) is 6.07 Å². The molecule has 2 N–H and O–H groups in total. The number of nitrogens with zero attached hydrogens (tertiary/aromatic N) is 1. The minimum atomic E-state index is -0.221. The van der Waals surface area contributed by atoms with E-state index in [0.717, 1.165) is 0 Å². The third-order valence-electron chi connectivity index (χ3n) is 1.94. The highest BCUT2D eigenvalue weighted by Gasteiger charge is 2.09. The molecule has 0 spiro atoms. The number of halogens is 1. The number of thiazole rings is 1. The van der Waals surface area contributed by atoms with Crippen molar-refractivity contribution in [3.05, 3.63) is 35.0 Å². The zero-order chi connectivity index (χ0) is 10.1. The van der Waals surface area contributed by atoms with Crippen LogP contribution in [-0.2, 0) is 0 Å². The lowest BCUT2D eigenvalue weighted by Gasteiger charge is -2.00. The van der Waals surface area contributed by atoms with Crippen molar-refractivity contribution >= 4 is 17.2 Å². The van der Waals surface area contributed by atoms with Crippen LogP contribution in [0.5, 0.6) is 0 Å². The van der Waals surface area contributed by atoms with Crippen LogP contribution in [0.2, 0.25) is 0 Å². The summed E-state index contributed by atoms with van der Waals surface area (Å²) in [6.07, 6.45) is 0. The lowest BCUT2D eigenvalue weighted by molar-refractivity contribution is 0.622. The van der Waals surface area contributed by atoms with Gasteiger partial charge < -0.3 is 5.73 Å². The lowest BCUT2D eigenvalue weighted by Crippen LogP contribution is -1.88. The third-order valence-corrected chi connectivity index (χ3v) is 2.84. The van der Waals surface area contributed by atoms with Gasteiger partial charge >= 0.3 is 0 Å². The molecular weight excluding hydrogens is 199 g/mol. The molecule has 0 bridgehead atoms. The maximum atomic E-state index is 13.6. The molecule has 2 rings (SSSR count). The molecule has 0 aliphatic heterocycles. The molecule has 0 aliphatic carbocycles. The van der Waals surface area contributed by atoms with Crippen LogP contribution in [0.3, 0.4) is 0 Å². The molecule has 0 radical (unpaired) electrons. The molecule has 0 unspecified atom stereocenters. The van der Waals surface area contributed by atoms with Crippen LogP contribution >= 0.6 is 11.3 Å². The fraction of sp³-hybridized carbons (Fsp3) is 0.100. The molecule has 2 aromatic rings. The first kappa shape index (κ1) is 9.15. The second-order valence-corrected chi connectivity index (χ2v) is 3.87. The Kier molecular flexibility index (Phi) is 2.21. The molecule has 0 amide bonds. The topological polar surface area (TPSA) is 38.9 Å². The molecule has 1 heterocycles. The van der Waals surface area contributed by atoms with Gasteiger partial charge in [0.05, 0.1) is 0 Å². The van der Waals surface area contributed by atoms with E-state index in [9.17, 15) is 4.39 Å². The molecule has 2 nitrogen and oxygen atoms in total. The maximum Gasteiger partial charge on any atom is 0.136 e. The second kappa shape index (κ2) is 3.38. The number of rotatable bonds is 1. The van der Waals surface area contributed by atoms with Gasteiger partial charge in [-0.3, -0.25) is 0 Å². The predicted octanol–water partition coefficient (Wildman–Crippen LogP) is 2.84. The average Bonchev–Trinajstić information content (AvgIpc) is 2.57. The third kappa shape index (κ3) is 1.48. The first-order chi connectivity index (χ1) is 6.68. The van der Waals surface area contributed by atoms with Crippen molar-refractivity contribution in [1.29, 1.82) is 0 Å². The van der Waals surface area contributed by atoms with Crippen LogP contribution < -0.4 is 5.73 Å². The van der Waals surface area contributed by atoms with E-state index in [1.165, 1.54) is 11.3 Å². The van der Waals surface area contributed by atoms with Gasteiger partial charge in [-0.25, -0.2) is 9.37 Å². The number of nitrogens with two attached hydrogens (primary N) is 1. The van der Waals surface area contributed by atoms with E-state index in [4.69, 9.17) is 5.73 Å². The van der Waals surface area contributed by atoms with Crippen molar-refractivity contribution in [2.75, 3.05) is 5.73 Å². The molecule has 0 atom stereocenters. The summed E-state index contributed by atoms with van der Waals surface area (Å²) in [6.45, 7) is 1.73. The highest BCUT2D eigenvalue weighted by atomic mass is 32.1. The van der Waals surface area contributed by atoms with Gasteiger partial charge in [0, 0.05) is 10.9 Å². The van der Waals surface area contributed by atoms with Crippen molar-refractivity contribution in [2.45, 2.75) is 6.92 Å². The van der Waals surface area contributed by atoms with Gasteiger partial charge in [-0.15, -0.1) is 11.3 Å². The van der Waals surface area contributed by atoms with Crippen molar-refractivity contribution in [1.82, 2.24) is 4.98 Å². The Balaban J connectivity index is 2.57. The minimum Gasteiger partial charge on any atom is -0.383 e. The SMILES string of the molecule is Cc1cccc(-c2nc(N)cs2)c1F. The fourth-order valence-corrected chi connectivity index (χ4v) is 1.95. The number of aromatic nitrogens is 1. The van der Waals surface area contributed by atoms with Crippen molar-refractivity contribution in [3.8, 4) is 10.6 Å². The largest absolute Gasteiger partial charge is 0.383 e. The number of nitrogen functional groups attached to an aromatic ring is 1. The zero-order valence-electron chi connectivity index (χ0n) is 7.62. The van der Waals surface area contributed by atoms with Crippen molar-refractivity contribution < 1.29 is 4.39 Å². The first-order valence-corrected chi connectivity index (χ1v) is 5.03. The summed E-state index contributed by atoms with van der Waals surface area (Å²) in [4.78, 5) is 4.04. The van der Waals surface area contributed by atoms with Crippen LogP contribution in [0.1, 0.15) is 5.56 Å². The highest BCUT2D eigenvalue weighted by Crippen LogP contribution is 2.28. The normalized spacial score (nSPS) is 10.4. The molecule has 14 heavy (non-hydrogen) atoms. The number of anilines is 1. The summed E-state index contributed by atoms with van der Waals surface area (Å²) < 4.78 is 13.6. The van der Waals surface area contributed by atoms with E-state index in [2.05, 4.69) is 4.98 Å². The predicted molar refractivity (Wildman–Crippen MR) is 56.7 cm³/mol. The van der Waals surface area contributed by atoms with E-state index in [0.29, 0.717) is 22.0 Å². The van der Waals surface area contributed by atoms with Gasteiger partial charge in [0.2, 0.25) is 0 Å². The summed E-state index contributed by atoms with van der Waals surface area (Å²) >= 11 is 1.35. The van der Waals surface area contributed by atoms with Gasteiger partial charge in [-0.1, -0.05) is 12.1 Å². The van der Waals surface area contributed by atoms with Gasteiger partial charge in [0.25, 0.3) is 0 Å². The van der Waals surface area contributed by atoms with Crippen LogP contribution in [0.4, 0.5) is 10.2 Å². The Bertz CT molecular complexity index is 465. The standard InChI is InChI=1S/C10H9FN2S/c1-6-3-2-4-7(9(6)11)10-13-8(12)5-14-10/h2-5H,12H2,1H3. The van der Waals surface area contributed by atoms with E-state index in [1.54, 1.807) is 24.4 Å². The summed E-state index contributed by atoms with van der Waals surface area (Å²) in [5.41, 5.74) is 6.62. The molecule has 1 aromatic carbocycles. The Morgan fingerprint density at radius 3 is 2.86 bits per heavy atom. The molecule has 0 saturated heterocycles. The van der Waals surface area contributed by atoms with Gasteiger partial charge in [0.15, 0.2) is 0 Å². The summed E-state index contributed by atoms with van der Waals surface area (Å²) in [7, 11) is 0. The molecule has 72 valence electrons. The van der Waals surface area contributed by atoms with Crippen LogP contribution in [0, 0.1) is 12.7 Å². The highest BCUT2D eigenvalue weighted by molar-refractivity contribution is 7.13. The Labute approximate surface area is 85.2 Å². The lowest BCUT2D eigenvalue weighted by atomic mass is 10.1. The van der Waals surface area contributed by atoms with Gasteiger partial charge in [-0.05, 0) is 18.6 Å². The first-order valence-electron chi connectivity index (χ1n) is 4.15. The van der Waals surface area contributed by atoms with Crippen LogP contribution in [-0.4, -0.2) is 4.98 Å². The van der Waals surface area contributed by atoms with E-state index in [-0.39, 0.29) is 5.82 Å². The number of aryl methyl sites for hydroxylation is 1. The minimum absolute atomic E-state index is 0.221. The molecule has 1 aromatic heterocycles. The van der Waals surface area contributed by atoms with Crippen LogP contribution in [0.25, 0.3) is 10.6 Å². The second-order valence-electron chi connectivity index (χ2n) is 3.01. The average molecular weight is 208 g/mol. The smallest absolute Gasteiger partial charge is 0.136 e.